The van der Waals surface area contributed by atoms with Crippen molar-refractivity contribution in [2.45, 2.75) is 25.0 Å². The van der Waals surface area contributed by atoms with E-state index in [1.807, 2.05) is 0 Å². The standard InChI is InChI=1S/C5H9FO2S/c1-4-3-5(4,2)9(6,7)8/h4H,3H2,1-2H3/t4-,5-/m1/s1. The summed E-state index contributed by atoms with van der Waals surface area (Å²) in [7, 11) is -4.28. The van der Waals surface area contributed by atoms with E-state index in [2.05, 4.69) is 0 Å². The second-order valence-electron chi connectivity index (χ2n) is 2.86. The number of rotatable bonds is 1. The lowest BCUT2D eigenvalue weighted by Crippen LogP contribution is -2.15. The van der Waals surface area contributed by atoms with E-state index in [1.165, 1.54) is 6.92 Å². The highest BCUT2D eigenvalue weighted by Crippen LogP contribution is 2.49. The van der Waals surface area contributed by atoms with Crippen molar-refractivity contribution < 1.29 is 12.3 Å². The van der Waals surface area contributed by atoms with E-state index in [0.717, 1.165) is 0 Å². The Bertz CT molecular complexity index is 221. The summed E-state index contributed by atoms with van der Waals surface area (Å²) in [5, 5.41) is 0. The lowest BCUT2D eigenvalue weighted by Gasteiger charge is -1.99. The molecule has 1 rings (SSSR count). The van der Waals surface area contributed by atoms with Gasteiger partial charge in [-0.05, 0) is 19.3 Å². The average molecular weight is 152 g/mol. The highest BCUT2D eigenvalue weighted by molar-refractivity contribution is 7.88. The van der Waals surface area contributed by atoms with Crippen LogP contribution < -0.4 is 0 Å². The molecule has 0 heterocycles. The van der Waals surface area contributed by atoms with Gasteiger partial charge in [0.05, 0.1) is 0 Å². The summed E-state index contributed by atoms with van der Waals surface area (Å²) in [5.74, 6) is -0.00694. The molecule has 54 valence electrons. The SMILES string of the molecule is C[C@@H]1C[C@@]1(C)S(=O)(=O)F. The second-order valence-corrected chi connectivity index (χ2v) is 4.66. The second kappa shape index (κ2) is 1.48. The van der Waals surface area contributed by atoms with E-state index in [0.29, 0.717) is 6.42 Å². The molecule has 0 bridgehead atoms. The van der Waals surface area contributed by atoms with Crippen molar-refractivity contribution in [3.8, 4) is 0 Å². The molecule has 1 aliphatic rings. The zero-order chi connectivity index (χ0) is 7.28. The summed E-state index contributed by atoms with van der Waals surface area (Å²) in [4.78, 5) is 0. The van der Waals surface area contributed by atoms with Gasteiger partial charge in [0.1, 0.15) is 4.75 Å². The minimum absolute atomic E-state index is 0.00694. The third kappa shape index (κ3) is 0.852. The van der Waals surface area contributed by atoms with Crippen molar-refractivity contribution in [3.05, 3.63) is 0 Å². The summed E-state index contributed by atoms with van der Waals surface area (Å²) < 4.78 is 31.7. The van der Waals surface area contributed by atoms with Gasteiger partial charge in [-0.15, -0.1) is 3.89 Å². The van der Waals surface area contributed by atoms with Crippen LogP contribution in [0.5, 0.6) is 0 Å². The Kier molecular flexibility index (Phi) is 1.15. The Balaban J connectivity index is 2.90. The van der Waals surface area contributed by atoms with Crippen molar-refractivity contribution >= 4 is 10.2 Å². The van der Waals surface area contributed by atoms with Crippen LogP contribution in [-0.4, -0.2) is 13.2 Å². The van der Waals surface area contributed by atoms with Gasteiger partial charge in [-0.1, -0.05) is 6.92 Å². The molecule has 9 heavy (non-hydrogen) atoms. The smallest absolute Gasteiger partial charge is 0.194 e. The predicted molar refractivity (Wildman–Crippen MR) is 32.2 cm³/mol. The predicted octanol–water partition coefficient (Wildman–Crippen LogP) is 1.08. The molecule has 2 atom stereocenters. The lowest BCUT2D eigenvalue weighted by atomic mass is 10.4. The zero-order valence-corrected chi connectivity index (χ0v) is 6.20. The fourth-order valence-electron chi connectivity index (χ4n) is 0.889. The Labute approximate surface area is 54.3 Å². The molecule has 0 unspecified atom stereocenters. The van der Waals surface area contributed by atoms with Crippen LogP contribution in [0.3, 0.4) is 0 Å². The number of halogens is 1. The number of hydrogen-bond acceptors (Lipinski definition) is 2. The summed E-state index contributed by atoms with van der Waals surface area (Å²) in [6, 6.07) is 0. The molecule has 1 fully saturated rings. The van der Waals surface area contributed by atoms with Gasteiger partial charge >= 0.3 is 10.2 Å². The topological polar surface area (TPSA) is 34.1 Å². The average Bonchev–Trinajstić information content (AvgIpc) is 2.13. The maximum absolute atomic E-state index is 12.2. The minimum Gasteiger partial charge on any atom is -0.194 e. The van der Waals surface area contributed by atoms with Crippen molar-refractivity contribution in [2.75, 3.05) is 0 Å². The summed E-state index contributed by atoms with van der Waals surface area (Å²) in [6.45, 7) is 3.17. The molecular weight excluding hydrogens is 143 g/mol. The Morgan fingerprint density at radius 2 is 2.00 bits per heavy atom. The van der Waals surface area contributed by atoms with Crippen LogP contribution in [0.2, 0.25) is 0 Å². The van der Waals surface area contributed by atoms with Crippen LogP contribution in [0.4, 0.5) is 3.89 Å². The fraction of sp³-hybridized carbons (Fsp3) is 1.00. The van der Waals surface area contributed by atoms with Crippen LogP contribution in [0, 0.1) is 5.92 Å². The van der Waals surface area contributed by atoms with Crippen molar-refractivity contribution in [1.29, 1.82) is 0 Å². The normalized spacial score (nSPS) is 42.8. The molecule has 0 aromatic rings. The third-order valence-electron chi connectivity index (χ3n) is 2.15. The first-order valence-corrected chi connectivity index (χ1v) is 4.20. The molecule has 1 saturated carbocycles. The maximum atomic E-state index is 12.2. The highest BCUT2D eigenvalue weighted by atomic mass is 32.3. The maximum Gasteiger partial charge on any atom is 0.308 e. The Hall–Kier alpha value is -0.120. The monoisotopic (exact) mass is 152 g/mol. The highest BCUT2D eigenvalue weighted by Gasteiger charge is 2.58. The molecule has 4 heteroatoms. The van der Waals surface area contributed by atoms with Gasteiger partial charge in [-0.2, -0.15) is 8.42 Å². The van der Waals surface area contributed by atoms with E-state index >= 15 is 0 Å². The van der Waals surface area contributed by atoms with E-state index in [9.17, 15) is 12.3 Å². The molecule has 0 amide bonds. The lowest BCUT2D eigenvalue weighted by molar-refractivity contribution is 0.530. The fourth-order valence-corrected chi connectivity index (χ4v) is 1.82. The molecule has 1 aliphatic carbocycles. The van der Waals surface area contributed by atoms with Crippen molar-refractivity contribution in [2.24, 2.45) is 5.92 Å². The van der Waals surface area contributed by atoms with Gasteiger partial charge in [0, 0.05) is 0 Å². The third-order valence-corrected chi connectivity index (χ3v) is 3.83. The van der Waals surface area contributed by atoms with Crippen LogP contribution in [0.25, 0.3) is 0 Å². The Morgan fingerprint density at radius 3 is 2.00 bits per heavy atom. The van der Waals surface area contributed by atoms with Gasteiger partial charge in [0.2, 0.25) is 0 Å². The first kappa shape index (κ1) is 6.99. The van der Waals surface area contributed by atoms with Crippen LogP contribution in [-0.2, 0) is 10.2 Å². The van der Waals surface area contributed by atoms with Crippen LogP contribution in [0.1, 0.15) is 20.3 Å². The van der Waals surface area contributed by atoms with Crippen LogP contribution >= 0.6 is 0 Å². The quantitative estimate of drug-likeness (QED) is 0.527. The number of hydrogen-bond donors (Lipinski definition) is 0. The van der Waals surface area contributed by atoms with Gasteiger partial charge in [-0.25, -0.2) is 0 Å². The molecular formula is C5H9FO2S. The molecule has 0 spiro atoms. The van der Waals surface area contributed by atoms with Gasteiger partial charge in [0.15, 0.2) is 0 Å². The van der Waals surface area contributed by atoms with E-state index in [1.54, 1.807) is 6.92 Å². The zero-order valence-electron chi connectivity index (χ0n) is 5.39. The van der Waals surface area contributed by atoms with E-state index < -0.39 is 15.0 Å². The summed E-state index contributed by atoms with van der Waals surface area (Å²) in [6.07, 6.45) is 0.464. The largest absolute Gasteiger partial charge is 0.308 e. The van der Waals surface area contributed by atoms with Gasteiger partial charge in [-0.3, -0.25) is 0 Å². The van der Waals surface area contributed by atoms with Gasteiger partial charge in [0.25, 0.3) is 0 Å². The Morgan fingerprint density at radius 1 is 1.67 bits per heavy atom. The molecule has 0 aromatic carbocycles. The molecule has 0 N–H and O–H groups in total. The van der Waals surface area contributed by atoms with Gasteiger partial charge < -0.3 is 0 Å². The first-order chi connectivity index (χ1) is 3.88. The van der Waals surface area contributed by atoms with Crippen LogP contribution in [0.15, 0.2) is 0 Å². The molecule has 0 aliphatic heterocycles. The molecule has 0 aromatic heterocycles. The summed E-state index contributed by atoms with van der Waals surface area (Å²) >= 11 is 0. The van der Waals surface area contributed by atoms with Crippen molar-refractivity contribution in [3.63, 3.8) is 0 Å². The molecule has 0 saturated heterocycles. The van der Waals surface area contributed by atoms with E-state index in [-0.39, 0.29) is 5.92 Å². The minimum atomic E-state index is -4.28. The first-order valence-electron chi connectivity index (χ1n) is 2.82. The molecule has 0 radical (unpaired) electrons. The van der Waals surface area contributed by atoms with E-state index in [4.69, 9.17) is 0 Å². The summed E-state index contributed by atoms with van der Waals surface area (Å²) in [5.41, 5.74) is 0. The molecule has 2 nitrogen and oxygen atoms in total. The van der Waals surface area contributed by atoms with Crippen molar-refractivity contribution in [1.82, 2.24) is 0 Å².